The van der Waals surface area contributed by atoms with Gasteiger partial charge in [-0.2, -0.15) is 0 Å². The lowest BCUT2D eigenvalue weighted by Gasteiger charge is -2.07. The van der Waals surface area contributed by atoms with Gasteiger partial charge in [0.2, 0.25) is 0 Å². The zero-order chi connectivity index (χ0) is 21.8. The van der Waals surface area contributed by atoms with Gasteiger partial charge in [-0.15, -0.1) is 24.5 Å². The molecular weight excluding hydrogens is 399 g/mol. The Kier molecular flexibility index (Phi) is 6.27. The molecule has 30 heavy (non-hydrogen) atoms. The Balaban J connectivity index is 0.00000124. The highest BCUT2D eigenvalue weighted by Gasteiger charge is 2.19. The van der Waals surface area contributed by atoms with Crippen molar-refractivity contribution in [3.63, 3.8) is 0 Å². The number of nitrogens with zero attached hydrogens (tertiary/aromatic N) is 6. The molecule has 0 radical (unpaired) electrons. The monoisotopic (exact) mass is 420 g/mol. The Bertz CT molecular complexity index is 1250. The summed E-state index contributed by atoms with van der Waals surface area (Å²) in [5, 5.41) is 1.70. The molecule has 0 aromatic carbocycles. The predicted octanol–water partition coefficient (Wildman–Crippen LogP) is 5.09. The molecule has 0 spiro atoms. The van der Waals surface area contributed by atoms with Crippen LogP contribution in [0, 0.1) is 12.7 Å². The van der Waals surface area contributed by atoms with Crippen LogP contribution in [-0.4, -0.2) is 39.1 Å². The summed E-state index contributed by atoms with van der Waals surface area (Å²) >= 11 is 1.46. The highest BCUT2D eigenvalue weighted by Crippen LogP contribution is 2.38. The van der Waals surface area contributed by atoms with Crippen LogP contribution in [0.3, 0.4) is 0 Å². The van der Waals surface area contributed by atoms with Gasteiger partial charge >= 0.3 is 0 Å². The largest absolute Gasteiger partial charge is 0.350 e. The summed E-state index contributed by atoms with van der Waals surface area (Å²) < 4.78 is 15.6. The van der Waals surface area contributed by atoms with Crippen LogP contribution < -0.4 is 0 Å². The second-order valence-corrected chi connectivity index (χ2v) is 7.25. The number of pyridine rings is 2. The molecule has 4 aromatic rings. The van der Waals surface area contributed by atoms with Crippen LogP contribution in [-0.2, 0) is 7.05 Å². The molecule has 0 aliphatic rings. The van der Waals surface area contributed by atoms with Gasteiger partial charge in [-0.3, -0.25) is 9.98 Å². The Morgan fingerprint density at radius 3 is 2.63 bits per heavy atom. The van der Waals surface area contributed by atoms with E-state index in [-0.39, 0.29) is 0 Å². The SMILES string of the molecule is C=C.C=NC(=NC)c1cc2c(ccn2C)c(-c2sc(-c3cncc(F)c3)nc2C)n1. The molecule has 8 heteroatoms. The van der Waals surface area contributed by atoms with Crippen molar-refractivity contribution in [3.8, 4) is 21.1 Å². The molecule has 6 nitrogen and oxygen atoms in total. The molecule has 0 aliphatic heterocycles. The first-order valence-electron chi connectivity index (χ1n) is 9.00. The van der Waals surface area contributed by atoms with Gasteiger partial charge in [-0.05, 0) is 31.8 Å². The number of aliphatic imine (C=N–C) groups is 2. The van der Waals surface area contributed by atoms with Crippen LogP contribution in [0.2, 0.25) is 0 Å². The molecule has 4 aromatic heterocycles. The number of hydrogen-bond donors (Lipinski definition) is 0. The van der Waals surface area contributed by atoms with Crippen LogP contribution in [0.1, 0.15) is 11.4 Å². The second-order valence-electron chi connectivity index (χ2n) is 6.25. The summed E-state index contributed by atoms with van der Waals surface area (Å²) in [6.45, 7) is 11.5. The van der Waals surface area contributed by atoms with E-state index >= 15 is 0 Å². The Hall–Kier alpha value is -3.52. The van der Waals surface area contributed by atoms with Gasteiger partial charge in [0.05, 0.1) is 28.0 Å². The van der Waals surface area contributed by atoms with Gasteiger partial charge in [0.1, 0.15) is 16.5 Å². The molecule has 4 rings (SSSR count). The van der Waals surface area contributed by atoms with Gasteiger partial charge in [0, 0.05) is 37.4 Å². The number of halogens is 1. The summed E-state index contributed by atoms with van der Waals surface area (Å²) in [5.41, 5.74) is 3.91. The average Bonchev–Trinajstić information content (AvgIpc) is 3.33. The number of fused-ring (bicyclic) bond motifs is 1. The molecule has 0 saturated heterocycles. The Morgan fingerprint density at radius 2 is 1.97 bits per heavy atom. The van der Waals surface area contributed by atoms with Crippen molar-refractivity contribution >= 4 is 34.8 Å². The molecule has 152 valence electrons. The van der Waals surface area contributed by atoms with E-state index in [1.54, 1.807) is 13.2 Å². The molecule has 0 N–H and O–H groups in total. The Labute approximate surface area is 178 Å². The van der Waals surface area contributed by atoms with Crippen molar-refractivity contribution in [3.05, 3.63) is 67.2 Å². The van der Waals surface area contributed by atoms with E-state index in [4.69, 9.17) is 4.98 Å². The number of thiazole rings is 1. The number of aryl methyl sites for hydroxylation is 2. The number of rotatable bonds is 3. The summed E-state index contributed by atoms with van der Waals surface area (Å²) in [5.74, 6) is 0.0828. The first kappa shape index (κ1) is 21.2. The van der Waals surface area contributed by atoms with Crippen molar-refractivity contribution in [1.29, 1.82) is 0 Å². The minimum Gasteiger partial charge on any atom is -0.350 e. The molecule has 4 heterocycles. The number of hydrogen-bond acceptors (Lipinski definition) is 5. The fourth-order valence-corrected chi connectivity index (χ4v) is 4.14. The zero-order valence-corrected chi connectivity index (χ0v) is 17.9. The third-order valence-electron chi connectivity index (χ3n) is 4.44. The van der Waals surface area contributed by atoms with E-state index in [9.17, 15) is 4.39 Å². The molecule has 0 aliphatic carbocycles. The van der Waals surface area contributed by atoms with Gasteiger partial charge in [0.15, 0.2) is 5.84 Å². The van der Waals surface area contributed by atoms with Crippen LogP contribution in [0.4, 0.5) is 4.39 Å². The highest BCUT2D eigenvalue weighted by molar-refractivity contribution is 7.18. The van der Waals surface area contributed by atoms with Gasteiger partial charge in [-0.25, -0.2) is 19.4 Å². The van der Waals surface area contributed by atoms with E-state index in [0.717, 1.165) is 27.2 Å². The van der Waals surface area contributed by atoms with Gasteiger partial charge < -0.3 is 4.57 Å². The van der Waals surface area contributed by atoms with Crippen molar-refractivity contribution in [1.82, 2.24) is 19.5 Å². The molecule has 0 unspecified atom stereocenters. The Morgan fingerprint density at radius 1 is 1.20 bits per heavy atom. The first-order valence-corrected chi connectivity index (χ1v) is 9.82. The van der Waals surface area contributed by atoms with Crippen molar-refractivity contribution in [2.24, 2.45) is 17.0 Å². The van der Waals surface area contributed by atoms with Gasteiger partial charge in [0.25, 0.3) is 0 Å². The van der Waals surface area contributed by atoms with Crippen LogP contribution in [0.5, 0.6) is 0 Å². The van der Waals surface area contributed by atoms with E-state index in [1.807, 2.05) is 36.9 Å². The summed E-state index contributed by atoms with van der Waals surface area (Å²) in [7, 11) is 3.64. The summed E-state index contributed by atoms with van der Waals surface area (Å²) in [6.07, 6.45) is 4.77. The van der Waals surface area contributed by atoms with Gasteiger partial charge in [-0.1, -0.05) is 0 Å². The molecule has 0 fully saturated rings. The van der Waals surface area contributed by atoms with E-state index in [2.05, 4.69) is 39.8 Å². The molecule has 0 saturated carbocycles. The van der Waals surface area contributed by atoms with Crippen LogP contribution in [0.25, 0.3) is 32.0 Å². The topological polar surface area (TPSA) is 68.3 Å². The standard InChI is InChI=1S/C20H17FN6S.C2H4/c1-11-18(28-20(25-11)12-7-13(21)10-24-9-12)17-14-5-6-27(4)16(14)8-15(26-17)19(22-2)23-3;1-2/h5-10H,2H2,1,3-4H3;1-2H2. The lowest BCUT2D eigenvalue weighted by molar-refractivity contribution is 0.622. The lowest BCUT2D eigenvalue weighted by Crippen LogP contribution is -2.02. The maximum atomic E-state index is 13.6. The van der Waals surface area contributed by atoms with E-state index in [0.29, 0.717) is 22.1 Å². The minimum absolute atomic E-state index is 0.390. The average molecular weight is 421 g/mol. The van der Waals surface area contributed by atoms with Crippen molar-refractivity contribution in [2.45, 2.75) is 6.92 Å². The maximum Gasteiger partial charge on any atom is 0.172 e. The second kappa shape index (κ2) is 8.87. The highest BCUT2D eigenvalue weighted by atomic mass is 32.1. The predicted molar refractivity (Wildman–Crippen MR) is 123 cm³/mol. The van der Waals surface area contributed by atoms with E-state index < -0.39 is 5.82 Å². The third kappa shape index (κ3) is 3.81. The lowest BCUT2D eigenvalue weighted by atomic mass is 10.1. The zero-order valence-electron chi connectivity index (χ0n) is 17.1. The minimum atomic E-state index is -0.390. The quantitative estimate of drug-likeness (QED) is 0.263. The molecule has 0 amide bonds. The number of amidine groups is 1. The fourth-order valence-electron chi connectivity index (χ4n) is 3.09. The van der Waals surface area contributed by atoms with Crippen molar-refractivity contribution < 1.29 is 4.39 Å². The smallest absolute Gasteiger partial charge is 0.172 e. The normalized spacial score (nSPS) is 11.3. The third-order valence-corrected chi connectivity index (χ3v) is 5.65. The van der Waals surface area contributed by atoms with Crippen LogP contribution >= 0.6 is 11.3 Å². The molecular formula is C22H21FN6S. The fraction of sp³-hybridized carbons (Fsp3) is 0.136. The number of aromatic nitrogens is 4. The first-order chi connectivity index (χ1) is 14.5. The maximum absolute atomic E-state index is 13.6. The summed E-state index contributed by atoms with van der Waals surface area (Å²) in [4.78, 5) is 22.4. The van der Waals surface area contributed by atoms with Crippen molar-refractivity contribution in [2.75, 3.05) is 7.05 Å². The molecule has 0 bridgehead atoms. The molecule has 0 atom stereocenters. The van der Waals surface area contributed by atoms with E-state index in [1.165, 1.54) is 23.6 Å². The summed E-state index contributed by atoms with van der Waals surface area (Å²) in [6, 6.07) is 5.40. The van der Waals surface area contributed by atoms with Crippen LogP contribution in [0.15, 0.2) is 59.9 Å².